The fourth-order valence-corrected chi connectivity index (χ4v) is 5.40. The van der Waals surface area contributed by atoms with Gasteiger partial charge in [0.1, 0.15) is 29.8 Å². The summed E-state index contributed by atoms with van der Waals surface area (Å²) in [5, 5.41) is 13.1. The van der Waals surface area contributed by atoms with Gasteiger partial charge in [0.2, 0.25) is 0 Å². The SMILES string of the molecule is CC(C)OC(=O)[C@@H](C)N[P@@](=O)(OC[C@H]1O[C@@H](n2cc(I)c(N)nc2=O)[C@](C)(F)[C@@H]1O)Oc1ccccc1. The third-order valence-electron chi connectivity index (χ3n) is 5.34. The Labute approximate surface area is 226 Å². The van der Waals surface area contributed by atoms with Crippen molar-refractivity contribution >= 4 is 42.1 Å². The predicted molar refractivity (Wildman–Crippen MR) is 140 cm³/mol. The number of carbonyl (C=O) groups excluding carboxylic acids is 1. The minimum Gasteiger partial charge on any atom is -0.462 e. The second-order valence-electron chi connectivity index (χ2n) is 8.82. The maximum Gasteiger partial charge on any atom is 0.459 e. The number of anilines is 1. The number of nitrogens with two attached hydrogens (primary N) is 1. The minimum absolute atomic E-state index is 0.0315. The number of para-hydroxylation sites is 1. The van der Waals surface area contributed by atoms with Crippen molar-refractivity contribution < 1.29 is 37.4 Å². The van der Waals surface area contributed by atoms with Crippen LogP contribution in [0.1, 0.15) is 33.9 Å². The van der Waals surface area contributed by atoms with Gasteiger partial charge in [0.15, 0.2) is 11.9 Å². The van der Waals surface area contributed by atoms with Gasteiger partial charge in [-0.15, -0.1) is 0 Å². The van der Waals surface area contributed by atoms with E-state index in [1.54, 1.807) is 32.0 Å². The normalized spacial score (nSPS) is 26.0. The lowest BCUT2D eigenvalue weighted by atomic mass is 9.98. The van der Waals surface area contributed by atoms with Crippen molar-refractivity contribution in [1.82, 2.24) is 14.6 Å². The molecular formula is C22H29FIN4O8P. The second kappa shape index (κ2) is 11.7. The summed E-state index contributed by atoms with van der Waals surface area (Å²) in [6, 6.07) is 6.93. The molecule has 1 saturated heterocycles. The van der Waals surface area contributed by atoms with Crippen molar-refractivity contribution in [2.45, 2.75) is 63.9 Å². The summed E-state index contributed by atoms with van der Waals surface area (Å²) in [4.78, 5) is 28.3. The summed E-state index contributed by atoms with van der Waals surface area (Å²) in [5.41, 5.74) is 2.31. The largest absolute Gasteiger partial charge is 0.462 e. The van der Waals surface area contributed by atoms with Crippen molar-refractivity contribution in [3.8, 4) is 5.75 Å². The molecule has 2 aromatic rings. The number of aromatic nitrogens is 2. The van der Waals surface area contributed by atoms with Gasteiger partial charge in [0, 0.05) is 6.20 Å². The second-order valence-corrected chi connectivity index (χ2v) is 11.7. The van der Waals surface area contributed by atoms with Crippen molar-refractivity contribution in [1.29, 1.82) is 0 Å². The molecule has 0 radical (unpaired) electrons. The zero-order chi connectivity index (χ0) is 27.5. The van der Waals surface area contributed by atoms with Crippen LogP contribution in [-0.4, -0.2) is 57.3 Å². The molecule has 6 atom stereocenters. The van der Waals surface area contributed by atoms with E-state index in [0.29, 0.717) is 3.57 Å². The van der Waals surface area contributed by atoms with Gasteiger partial charge >= 0.3 is 19.4 Å². The Balaban J connectivity index is 1.81. The molecule has 1 fully saturated rings. The van der Waals surface area contributed by atoms with Gasteiger partial charge in [0.25, 0.3) is 0 Å². The number of nitrogens with one attached hydrogen (secondary N) is 1. The zero-order valence-corrected chi connectivity index (χ0v) is 23.6. The topological polar surface area (TPSA) is 164 Å². The molecule has 3 rings (SSSR count). The molecule has 1 aromatic carbocycles. The molecule has 1 aliphatic rings. The number of ether oxygens (including phenoxy) is 2. The number of hydrogen-bond donors (Lipinski definition) is 3. The van der Waals surface area contributed by atoms with E-state index in [4.69, 9.17) is 24.3 Å². The summed E-state index contributed by atoms with van der Waals surface area (Å²) in [7, 11) is -4.29. The summed E-state index contributed by atoms with van der Waals surface area (Å²) < 4.78 is 52.3. The molecule has 1 aliphatic heterocycles. The van der Waals surface area contributed by atoms with Crippen LogP contribution < -0.4 is 21.0 Å². The molecule has 1 aromatic heterocycles. The summed E-state index contributed by atoms with van der Waals surface area (Å²) in [6.45, 7) is 5.17. The van der Waals surface area contributed by atoms with Crippen LogP contribution in [-0.2, 0) is 23.4 Å². The summed E-state index contributed by atoms with van der Waals surface area (Å²) in [5.74, 6) is -0.567. The number of carbonyl (C=O) groups is 1. The average molecular weight is 654 g/mol. The predicted octanol–water partition coefficient (Wildman–Crippen LogP) is 2.55. The molecule has 4 N–H and O–H groups in total. The van der Waals surface area contributed by atoms with Crippen LogP contribution in [0.2, 0.25) is 0 Å². The number of nitrogens with zero attached hydrogens (tertiary/aromatic N) is 2. The Kier molecular flexibility index (Phi) is 9.35. The first-order chi connectivity index (χ1) is 17.2. The van der Waals surface area contributed by atoms with Gasteiger partial charge < -0.3 is 24.8 Å². The number of aliphatic hydroxyl groups is 1. The summed E-state index contributed by atoms with van der Waals surface area (Å²) >= 11 is 1.82. The Morgan fingerprint density at radius 2 is 2.03 bits per heavy atom. The Morgan fingerprint density at radius 3 is 2.65 bits per heavy atom. The minimum atomic E-state index is -4.29. The molecular weight excluding hydrogens is 625 g/mol. The number of rotatable bonds is 10. The highest BCUT2D eigenvalue weighted by Gasteiger charge is 2.56. The average Bonchev–Trinajstić information content (AvgIpc) is 3.03. The van der Waals surface area contributed by atoms with E-state index in [0.717, 1.165) is 11.5 Å². The highest BCUT2D eigenvalue weighted by molar-refractivity contribution is 14.1. The van der Waals surface area contributed by atoms with Gasteiger partial charge in [-0.3, -0.25) is 13.9 Å². The van der Waals surface area contributed by atoms with Crippen molar-refractivity contribution in [3.63, 3.8) is 0 Å². The molecule has 204 valence electrons. The molecule has 15 heteroatoms. The third-order valence-corrected chi connectivity index (χ3v) is 7.81. The highest BCUT2D eigenvalue weighted by Crippen LogP contribution is 2.47. The van der Waals surface area contributed by atoms with Crippen molar-refractivity contribution in [3.05, 3.63) is 50.6 Å². The standard InChI is InChI=1S/C22H29FIN4O8P/c1-12(2)34-19(30)13(3)27-37(32,36-14-8-6-5-7-9-14)33-11-16-17(29)22(4,23)20(35-16)28-10-15(24)18(25)26-21(28)31/h5-10,12-13,16-17,20,29H,11H2,1-4H3,(H,27,32)(H2,25,26,31)/t13-,16-,17-,20-,22-,37-/m1/s1. The number of aliphatic hydroxyl groups excluding tert-OH is 1. The molecule has 12 nitrogen and oxygen atoms in total. The highest BCUT2D eigenvalue weighted by atomic mass is 127. The number of benzene rings is 1. The maximum atomic E-state index is 15.6. The number of halogens is 2. The fraction of sp³-hybridized carbons (Fsp3) is 0.500. The van der Waals surface area contributed by atoms with Gasteiger partial charge in [-0.05, 0) is 62.4 Å². The number of hydrogen-bond acceptors (Lipinski definition) is 10. The first-order valence-electron chi connectivity index (χ1n) is 11.3. The molecule has 2 heterocycles. The van der Waals surface area contributed by atoms with Crippen LogP contribution in [0.25, 0.3) is 0 Å². The Hall–Kier alpha value is -2.10. The lowest BCUT2D eigenvalue weighted by Crippen LogP contribution is -2.43. The van der Waals surface area contributed by atoms with Crippen LogP contribution in [0.3, 0.4) is 0 Å². The van der Waals surface area contributed by atoms with Crippen molar-refractivity contribution in [2.75, 3.05) is 12.3 Å². The molecule has 0 spiro atoms. The van der Waals surface area contributed by atoms with Gasteiger partial charge in [0.05, 0.1) is 16.3 Å². The van der Waals surface area contributed by atoms with E-state index in [9.17, 15) is 19.3 Å². The van der Waals surface area contributed by atoms with Crippen LogP contribution in [0.5, 0.6) is 5.75 Å². The van der Waals surface area contributed by atoms with Gasteiger partial charge in [-0.2, -0.15) is 10.1 Å². The van der Waals surface area contributed by atoms with Crippen LogP contribution >= 0.6 is 30.3 Å². The smallest absolute Gasteiger partial charge is 0.459 e. The molecule has 0 saturated carbocycles. The van der Waals surface area contributed by atoms with Crippen LogP contribution in [0.15, 0.2) is 41.3 Å². The van der Waals surface area contributed by atoms with Crippen LogP contribution in [0.4, 0.5) is 10.2 Å². The molecule has 0 unspecified atom stereocenters. The van der Waals surface area contributed by atoms with E-state index in [-0.39, 0.29) is 11.6 Å². The molecule has 0 bridgehead atoms. The van der Waals surface area contributed by atoms with E-state index < -0.39 is 62.3 Å². The summed E-state index contributed by atoms with van der Waals surface area (Å²) in [6.07, 6.45) is -3.88. The fourth-order valence-electron chi connectivity index (χ4n) is 3.48. The van der Waals surface area contributed by atoms with E-state index >= 15 is 4.39 Å². The number of nitrogen functional groups attached to an aromatic ring is 1. The van der Waals surface area contributed by atoms with Gasteiger partial charge in [-0.1, -0.05) is 18.2 Å². The van der Waals surface area contributed by atoms with Crippen molar-refractivity contribution in [2.24, 2.45) is 0 Å². The Morgan fingerprint density at radius 1 is 1.38 bits per heavy atom. The maximum absolute atomic E-state index is 15.6. The van der Waals surface area contributed by atoms with Gasteiger partial charge in [-0.25, -0.2) is 13.8 Å². The molecule has 37 heavy (non-hydrogen) atoms. The zero-order valence-electron chi connectivity index (χ0n) is 20.5. The van der Waals surface area contributed by atoms with E-state index in [1.807, 2.05) is 22.6 Å². The first kappa shape index (κ1) is 29.5. The van der Waals surface area contributed by atoms with E-state index in [2.05, 4.69) is 10.1 Å². The third kappa shape index (κ3) is 7.06. The lowest BCUT2D eigenvalue weighted by Gasteiger charge is -2.25. The van der Waals surface area contributed by atoms with Crippen LogP contribution in [0, 0.1) is 3.57 Å². The first-order valence-corrected chi connectivity index (χ1v) is 13.9. The quantitative estimate of drug-likeness (QED) is 0.196. The Bertz CT molecular complexity index is 1210. The molecule has 0 amide bonds. The number of alkyl halides is 1. The lowest BCUT2D eigenvalue weighted by molar-refractivity contribution is -0.149. The monoisotopic (exact) mass is 654 g/mol. The van der Waals surface area contributed by atoms with E-state index in [1.165, 1.54) is 25.3 Å². The number of esters is 1. The molecule has 0 aliphatic carbocycles.